The Morgan fingerprint density at radius 3 is 2.44 bits per heavy atom. The first-order valence-electron chi connectivity index (χ1n) is 7.74. The molecule has 27 heavy (non-hydrogen) atoms. The summed E-state index contributed by atoms with van der Waals surface area (Å²) in [6.45, 7) is 0. The van der Waals surface area contributed by atoms with Crippen LogP contribution in [0.1, 0.15) is 25.8 Å². The summed E-state index contributed by atoms with van der Waals surface area (Å²) in [5, 5.41) is 48.7. The Morgan fingerprint density at radius 2 is 1.85 bits per heavy atom. The Balaban J connectivity index is 0.00000364. The fourth-order valence-corrected chi connectivity index (χ4v) is 2.72. The normalized spacial score (nSPS) is 27.6. The Labute approximate surface area is 156 Å². The molecule has 1 aromatic carbocycles. The Kier molecular flexibility index (Phi) is 7.35. The van der Waals surface area contributed by atoms with E-state index in [9.17, 15) is 35.1 Å². The van der Waals surface area contributed by atoms with Crippen LogP contribution >= 0.6 is 0 Å². The quantitative estimate of drug-likeness (QED) is 0.276. The number of esters is 2. The third-order valence-corrected chi connectivity index (χ3v) is 4.11. The van der Waals surface area contributed by atoms with Crippen LogP contribution < -0.4 is 0 Å². The highest BCUT2D eigenvalue weighted by Gasteiger charge is 2.50. The molecule has 0 aliphatic heterocycles. The van der Waals surface area contributed by atoms with E-state index in [1.54, 1.807) is 0 Å². The zero-order valence-corrected chi connectivity index (χ0v) is 13.9. The number of phenolic OH excluding ortho intramolecular Hbond substituents is 2. The molecule has 1 aromatic rings. The molecule has 9 nitrogen and oxygen atoms in total. The predicted molar refractivity (Wildman–Crippen MR) is 93.6 cm³/mol. The molecule has 0 heterocycles. The van der Waals surface area contributed by atoms with Gasteiger partial charge in [0.05, 0.1) is 13.2 Å². The fourth-order valence-electron chi connectivity index (χ4n) is 2.72. The van der Waals surface area contributed by atoms with E-state index in [1.807, 2.05) is 0 Å². The van der Waals surface area contributed by atoms with Crippen molar-refractivity contribution >= 4 is 18.0 Å². The second kappa shape index (κ2) is 8.85. The standard InChI is InChI=1S/C17H20O9.CH4/c1-25-16(23)17(24)7-12(20)15(22)13(8-17)26-14(21)5-3-9-2-4-10(18)11(19)6-9;/h2-6,12-13,15,18-20,22,24H,7-8H2,1H3;1H4/b5-3+;/t12-,13-,15-,17+;/m1./s1. The number of phenols is 2. The zero-order valence-electron chi connectivity index (χ0n) is 13.9. The van der Waals surface area contributed by atoms with Crippen molar-refractivity contribution in [2.45, 2.75) is 44.2 Å². The van der Waals surface area contributed by atoms with E-state index >= 15 is 0 Å². The van der Waals surface area contributed by atoms with Crippen LogP contribution in [-0.2, 0) is 19.1 Å². The van der Waals surface area contributed by atoms with Gasteiger partial charge in [-0.2, -0.15) is 0 Å². The van der Waals surface area contributed by atoms with Crippen LogP contribution in [0.4, 0.5) is 0 Å². The molecule has 1 aliphatic rings. The van der Waals surface area contributed by atoms with E-state index in [4.69, 9.17) is 4.74 Å². The molecule has 0 amide bonds. The van der Waals surface area contributed by atoms with Crippen molar-refractivity contribution in [1.29, 1.82) is 0 Å². The average molecular weight is 384 g/mol. The monoisotopic (exact) mass is 384 g/mol. The number of ether oxygens (including phenoxy) is 2. The molecular formula is C18H24O9. The van der Waals surface area contributed by atoms with E-state index < -0.39 is 48.7 Å². The molecule has 1 aliphatic carbocycles. The van der Waals surface area contributed by atoms with E-state index in [0.717, 1.165) is 13.2 Å². The number of carbonyl (C=O) groups is 2. The number of aromatic hydroxyl groups is 2. The van der Waals surface area contributed by atoms with Crippen molar-refractivity contribution in [1.82, 2.24) is 0 Å². The van der Waals surface area contributed by atoms with Crippen molar-refractivity contribution in [3.05, 3.63) is 29.8 Å². The minimum Gasteiger partial charge on any atom is -0.504 e. The van der Waals surface area contributed by atoms with Gasteiger partial charge in [-0.1, -0.05) is 13.5 Å². The van der Waals surface area contributed by atoms with Crippen molar-refractivity contribution in [3.63, 3.8) is 0 Å². The second-order valence-electron chi connectivity index (χ2n) is 6.05. The lowest BCUT2D eigenvalue weighted by Crippen LogP contribution is -2.57. The maximum atomic E-state index is 11.9. The van der Waals surface area contributed by atoms with Gasteiger partial charge in [0.2, 0.25) is 0 Å². The van der Waals surface area contributed by atoms with E-state index in [0.29, 0.717) is 5.56 Å². The number of aliphatic hydroxyl groups excluding tert-OH is 2. The van der Waals surface area contributed by atoms with Crippen LogP contribution in [0.15, 0.2) is 24.3 Å². The summed E-state index contributed by atoms with van der Waals surface area (Å²) in [5.74, 6) is -2.58. The Bertz CT molecular complexity index is 715. The van der Waals surface area contributed by atoms with Gasteiger partial charge in [-0.3, -0.25) is 0 Å². The summed E-state index contributed by atoms with van der Waals surface area (Å²) in [5.41, 5.74) is -1.68. The van der Waals surface area contributed by atoms with E-state index in [2.05, 4.69) is 4.74 Å². The van der Waals surface area contributed by atoms with Crippen molar-refractivity contribution < 1.29 is 44.6 Å². The third-order valence-electron chi connectivity index (χ3n) is 4.11. The largest absolute Gasteiger partial charge is 0.504 e. The summed E-state index contributed by atoms with van der Waals surface area (Å²) >= 11 is 0. The first-order chi connectivity index (χ1) is 12.2. The van der Waals surface area contributed by atoms with E-state index in [-0.39, 0.29) is 18.9 Å². The molecule has 9 heteroatoms. The van der Waals surface area contributed by atoms with Crippen LogP contribution in [0.5, 0.6) is 11.5 Å². The lowest BCUT2D eigenvalue weighted by atomic mass is 9.79. The number of rotatable bonds is 4. The highest BCUT2D eigenvalue weighted by atomic mass is 16.6. The summed E-state index contributed by atoms with van der Waals surface area (Å²) < 4.78 is 9.50. The molecule has 0 saturated heterocycles. The van der Waals surface area contributed by atoms with Gasteiger partial charge in [-0.25, -0.2) is 9.59 Å². The van der Waals surface area contributed by atoms with Crippen LogP contribution in [-0.4, -0.2) is 68.5 Å². The summed E-state index contributed by atoms with van der Waals surface area (Å²) in [7, 11) is 1.06. The fraction of sp³-hybridized carbons (Fsp3) is 0.444. The van der Waals surface area contributed by atoms with Crippen LogP contribution in [0.25, 0.3) is 6.08 Å². The second-order valence-corrected chi connectivity index (χ2v) is 6.05. The smallest absolute Gasteiger partial charge is 0.338 e. The molecule has 1 saturated carbocycles. The number of carbonyl (C=O) groups excluding carboxylic acids is 2. The molecule has 4 atom stereocenters. The highest BCUT2D eigenvalue weighted by molar-refractivity contribution is 5.87. The van der Waals surface area contributed by atoms with Gasteiger partial charge in [0.1, 0.15) is 12.2 Å². The summed E-state index contributed by atoms with van der Waals surface area (Å²) in [4.78, 5) is 23.6. The molecule has 150 valence electrons. The maximum absolute atomic E-state index is 11.9. The lowest BCUT2D eigenvalue weighted by molar-refractivity contribution is -0.198. The van der Waals surface area contributed by atoms with Gasteiger partial charge in [-0.15, -0.1) is 0 Å². The van der Waals surface area contributed by atoms with Gasteiger partial charge < -0.3 is 35.0 Å². The van der Waals surface area contributed by atoms with Crippen LogP contribution in [0, 0.1) is 0 Å². The molecule has 0 unspecified atom stereocenters. The molecule has 2 rings (SSSR count). The molecule has 0 radical (unpaired) electrons. The summed E-state index contributed by atoms with van der Waals surface area (Å²) in [6.07, 6.45) is -2.88. The Hall–Kier alpha value is -2.62. The first kappa shape index (κ1) is 22.4. The molecule has 0 aromatic heterocycles. The van der Waals surface area contributed by atoms with Gasteiger partial charge in [0.15, 0.2) is 17.1 Å². The first-order valence-corrected chi connectivity index (χ1v) is 7.74. The molecule has 0 spiro atoms. The lowest BCUT2D eigenvalue weighted by Gasteiger charge is -2.39. The van der Waals surface area contributed by atoms with Crippen LogP contribution in [0.3, 0.4) is 0 Å². The number of aliphatic hydroxyl groups is 3. The molecular weight excluding hydrogens is 360 g/mol. The van der Waals surface area contributed by atoms with Gasteiger partial charge in [0, 0.05) is 18.9 Å². The van der Waals surface area contributed by atoms with Crippen molar-refractivity contribution in [2.24, 2.45) is 0 Å². The Morgan fingerprint density at radius 1 is 1.19 bits per heavy atom. The third kappa shape index (κ3) is 5.19. The molecule has 1 fully saturated rings. The zero-order chi connectivity index (χ0) is 19.5. The minimum absolute atomic E-state index is 0. The highest BCUT2D eigenvalue weighted by Crippen LogP contribution is 2.32. The number of hydrogen-bond acceptors (Lipinski definition) is 9. The maximum Gasteiger partial charge on any atom is 0.338 e. The molecule has 5 N–H and O–H groups in total. The van der Waals surface area contributed by atoms with Gasteiger partial charge in [0.25, 0.3) is 0 Å². The average Bonchev–Trinajstić information content (AvgIpc) is 2.59. The van der Waals surface area contributed by atoms with Crippen molar-refractivity contribution in [3.8, 4) is 11.5 Å². The molecule has 0 bridgehead atoms. The minimum atomic E-state index is -2.08. The van der Waals surface area contributed by atoms with Crippen molar-refractivity contribution in [2.75, 3.05) is 7.11 Å². The number of hydrogen-bond donors (Lipinski definition) is 5. The topological polar surface area (TPSA) is 154 Å². The summed E-state index contributed by atoms with van der Waals surface area (Å²) in [6, 6.07) is 3.89. The predicted octanol–water partition coefficient (Wildman–Crippen LogP) is 0.0786. The van der Waals surface area contributed by atoms with Gasteiger partial charge >= 0.3 is 11.9 Å². The SMILES string of the molecule is C.COC(=O)[C@]1(O)C[C@@H](O)[C@@H](O)[C@H](OC(=O)/C=C/c2ccc(O)c(O)c2)C1. The van der Waals surface area contributed by atoms with Gasteiger partial charge in [-0.05, 0) is 23.8 Å². The number of benzene rings is 1. The van der Waals surface area contributed by atoms with Crippen LogP contribution in [0.2, 0.25) is 0 Å². The number of methoxy groups -OCH3 is 1. The van der Waals surface area contributed by atoms with E-state index in [1.165, 1.54) is 24.3 Å².